The Morgan fingerprint density at radius 3 is 2.52 bits per heavy atom. The predicted molar refractivity (Wildman–Crippen MR) is 125 cm³/mol. The second-order valence-electron chi connectivity index (χ2n) is 7.98. The van der Waals surface area contributed by atoms with Crippen LogP contribution in [0.1, 0.15) is 25.7 Å². The second-order valence-corrected chi connectivity index (χ2v) is 7.98. The fraction of sp³-hybridized carbons (Fsp3) is 0.400. The summed E-state index contributed by atoms with van der Waals surface area (Å²) in [5.41, 5.74) is 3.08. The zero-order valence-corrected chi connectivity index (χ0v) is 18.2. The van der Waals surface area contributed by atoms with Gasteiger partial charge in [0.05, 0.1) is 12.1 Å². The van der Waals surface area contributed by atoms with Gasteiger partial charge < -0.3 is 24.3 Å². The Morgan fingerprint density at radius 1 is 1.00 bits per heavy atom. The van der Waals surface area contributed by atoms with Crippen LogP contribution in [-0.4, -0.2) is 43.9 Å². The van der Waals surface area contributed by atoms with Crippen LogP contribution in [0.4, 0.5) is 11.4 Å². The van der Waals surface area contributed by atoms with E-state index in [1.54, 1.807) is 7.11 Å². The summed E-state index contributed by atoms with van der Waals surface area (Å²) in [6.45, 7) is 3.61. The van der Waals surface area contributed by atoms with Crippen molar-refractivity contribution >= 4 is 28.2 Å². The number of hydrogen-bond acceptors (Lipinski definition) is 4. The maximum atomic E-state index is 12.4. The molecule has 2 aromatic carbocycles. The average Bonchev–Trinajstić information content (AvgIpc) is 3.01. The molecule has 1 aliphatic heterocycles. The first kappa shape index (κ1) is 21.2. The van der Waals surface area contributed by atoms with E-state index in [0.717, 1.165) is 36.2 Å². The molecule has 4 rings (SSSR count). The Kier molecular flexibility index (Phi) is 7.10. The first-order chi connectivity index (χ1) is 15.2. The molecule has 6 nitrogen and oxygen atoms in total. The van der Waals surface area contributed by atoms with Crippen LogP contribution in [0.2, 0.25) is 0 Å². The van der Waals surface area contributed by atoms with Crippen LogP contribution in [0.25, 0.3) is 10.9 Å². The van der Waals surface area contributed by atoms with Gasteiger partial charge in [0.1, 0.15) is 5.75 Å². The van der Waals surface area contributed by atoms with Crippen molar-refractivity contribution in [3.05, 3.63) is 54.7 Å². The maximum Gasteiger partial charge on any atom is 0.262 e. The topological polar surface area (TPSA) is 55.7 Å². The lowest BCUT2D eigenvalue weighted by atomic mass is 10.2. The summed E-state index contributed by atoms with van der Waals surface area (Å²) in [4.78, 5) is 14.9. The summed E-state index contributed by atoms with van der Waals surface area (Å²) >= 11 is 0. The van der Waals surface area contributed by atoms with Crippen molar-refractivity contribution in [2.75, 3.05) is 43.6 Å². The molecule has 164 valence electrons. The molecule has 3 aromatic rings. The van der Waals surface area contributed by atoms with Gasteiger partial charge in [-0.3, -0.25) is 4.79 Å². The largest absolute Gasteiger partial charge is 0.483 e. The number of ether oxygens (including phenoxy) is 2. The van der Waals surface area contributed by atoms with Crippen LogP contribution in [0.15, 0.2) is 54.7 Å². The van der Waals surface area contributed by atoms with Gasteiger partial charge in [0.2, 0.25) is 0 Å². The van der Waals surface area contributed by atoms with Crippen LogP contribution >= 0.6 is 0 Å². The van der Waals surface area contributed by atoms with Crippen molar-refractivity contribution in [1.82, 2.24) is 4.57 Å². The summed E-state index contributed by atoms with van der Waals surface area (Å²) in [5.74, 6) is 0.540. The molecule has 6 heteroatoms. The molecule has 1 N–H and O–H groups in total. The van der Waals surface area contributed by atoms with Crippen molar-refractivity contribution in [1.29, 1.82) is 0 Å². The second kappa shape index (κ2) is 10.4. The fourth-order valence-electron chi connectivity index (χ4n) is 4.13. The number of anilines is 2. The van der Waals surface area contributed by atoms with Gasteiger partial charge in [-0.05, 0) is 55.3 Å². The minimum absolute atomic E-state index is 0.0315. The van der Waals surface area contributed by atoms with Crippen LogP contribution in [0, 0.1) is 0 Å². The molecule has 0 radical (unpaired) electrons. The summed E-state index contributed by atoms with van der Waals surface area (Å²) < 4.78 is 13.1. The van der Waals surface area contributed by atoms with Crippen LogP contribution in [0.5, 0.6) is 5.75 Å². The number of amides is 1. The fourth-order valence-corrected chi connectivity index (χ4v) is 4.13. The molecular weight excluding hydrogens is 390 g/mol. The van der Waals surface area contributed by atoms with E-state index >= 15 is 0 Å². The minimum atomic E-state index is -0.168. The minimum Gasteiger partial charge on any atom is -0.483 e. The van der Waals surface area contributed by atoms with Gasteiger partial charge in [0, 0.05) is 49.7 Å². The Hall–Kier alpha value is -2.99. The summed E-state index contributed by atoms with van der Waals surface area (Å²) in [7, 11) is 1.70. The first-order valence-electron chi connectivity index (χ1n) is 11.1. The molecule has 1 aromatic heterocycles. The normalized spacial score (nSPS) is 14.4. The third kappa shape index (κ3) is 5.39. The predicted octanol–water partition coefficient (Wildman–Crippen LogP) is 4.69. The number of carbonyl (C=O) groups is 1. The zero-order chi connectivity index (χ0) is 21.5. The number of rotatable bonds is 8. The van der Waals surface area contributed by atoms with Gasteiger partial charge >= 0.3 is 0 Å². The lowest BCUT2D eigenvalue weighted by molar-refractivity contribution is -0.118. The summed E-state index contributed by atoms with van der Waals surface area (Å²) in [5, 5.41) is 3.93. The molecule has 0 saturated carbocycles. The van der Waals surface area contributed by atoms with Gasteiger partial charge in [-0.2, -0.15) is 0 Å². The molecule has 0 atom stereocenters. The molecule has 31 heavy (non-hydrogen) atoms. The van der Waals surface area contributed by atoms with Crippen LogP contribution in [0.3, 0.4) is 0 Å². The van der Waals surface area contributed by atoms with E-state index in [-0.39, 0.29) is 12.5 Å². The molecule has 1 saturated heterocycles. The standard InChI is InChI=1S/C25H31N3O3/c1-30-18-17-28-16-13-22-23(28)7-6-8-24(22)31-19-25(29)26-20-9-11-21(12-10-20)27-14-4-2-3-5-15-27/h6-13,16H,2-5,14-15,17-19H2,1H3,(H,26,29). The van der Waals surface area contributed by atoms with Crippen molar-refractivity contribution in [3.63, 3.8) is 0 Å². The van der Waals surface area contributed by atoms with Crippen LogP contribution < -0.4 is 15.0 Å². The van der Waals surface area contributed by atoms with Gasteiger partial charge in [-0.15, -0.1) is 0 Å². The number of benzene rings is 2. The van der Waals surface area contributed by atoms with Gasteiger partial charge in [0.25, 0.3) is 5.91 Å². The molecular formula is C25H31N3O3. The van der Waals surface area contributed by atoms with Gasteiger partial charge in [-0.25, -0.2) is 0 Å². The number of fused-ring (bicyclic) bond motifs is 1. The monoisotopic (exact) mass is 421 g/mol. The van der Waals surface area contributed by atoms with E-state index in [1.165, 1.54) is 31.4 Å². The molecule has 0 aliphatic carbocycles. The highest BCUT2D eigenvalue weighted by Gasteiger charge is 2.11. The lowest BCUT2D eigenvalue weighted by Gasteiger charge is -2.22. The Morgan fingerprint density at radius 2 is 1.77 bits per heavy atom. The van der Waals surface area contributed by atoms with E-state index in [9.17, 15) is 4.79 Å². The highest BCUT2D eigenvalue weighted by atomic mass is 16.5. The van der Waals surface area contributed by atoms with Crippen molar-refractivity contribution in [2.45, 2.75) is 32.2 Å². The average molecular weight is 422 g/mol. The zero-order valence-electron chi connectivity index (χ0n) is 18.2. The maximum absolute atomic E-state index is 12.4. The van der Waals surface area contributed by atoms with E-state index in [0.29, 0.717) is 12.4 Å². The lowest BCUT2D eigenvalue weighted by Crippen LogP contribution is -2.24. The smallest absolute Gasteiger partial charge is 0.262 e. The molecule has 1 aliphatic rings. The molecule has 1 fully saturated rings. The number of hydrogen-bond donors (Lipinski definition) is 1. The van der Waals surface area contributed by atoms with E-state index < -0.39 is 0 Å². The van der Waals surface area contributed by atoms with E-state index in [2.05, 4.69) is 26.9 Å². The van der Waals surface area contributed by atoms with Gasteiger partial charge in [-0.1, -0.05) is 18.9 Å². The van der Waals surface area contributed by atoms with E-state index in [1.807, 2.05) is 42.6 Å². The highest BCUT2D eigenvalue weighted by molar-refractivity contribution is 5.93. The third-order valence-electron chi connectivity index (χ3n) is 5.79. The number of aromatic nitrogens is 1. The Bertz CT molecular complexity index is 989. The quantitative estimate of drug-likeness (QED) is 0.574. The third-order valence-corrected chi connectivity index (χ3v) is 5.79. The number of nitrogens with one attached hydrogen (secondary N) is 1. The number of methoxy groups -OCH3 is 1. The number of carbonyl (C=O) groups excluding carboxylic acids is 1. The van der Waals surface area contributed by atoms with Crippen molar-refractivity contribution < 1.29 is 14.3 Å². The molecule has 2 heterocycles. The molecule has 0 bridgehead atoms. The van der Waals surface area contributed by atoms with Crippen molar-refractivity contribution in [3.8, 4) is 5.75 Å². The molecule has 0 spiro atoms. The summed E-state index contributed by atoms with van der Waals surface area (Å²) in [6.07, 6.45) is 7.14. The Labute approximate surface area is 183 Å². The highest BCUT2D eigenvalue weighted by Crippen LogP contribution is 2.27. The van der Waals surface area contributed by atoms with Crippen LogP contribution in [-0.2, 0) is 16.1 Å². The first-order valence-corrected chi connectivity index (χ1v) is 11.1. The SMILES string of the molecule is COCCn1ccc2c(OCC(=O)Nc3ccc(N4CCCCCC4)cc3)cccc21. The summed E-state index contributed by atoms with van der Waals surface area (Å²) in [6, 6.07) is 16.0. The Balaban J connectivity index is 1.33. The number of nitrogens with zero attached hydrogens (tertiary/aromatic N) is 2. The van der Waals surface area contributed by atoms with Crippen molar-refractivity contribution in [2.24, 2.45) is 0 Å². The van der Waals surface area contributed by atoms with Gasteiger partial charge in [0.15, 0.2) is 6.61 Å². The molecule has 0 unspecified atom stereocenters. The van der Waals surface area contributed by atoms with E-state index in [4.69, 9.17) is 9.47 Å². The molecule has 1 amide bonds.